The number of nitro groups is 1. The van der Waals surface area contributed by atoms with Crippen LogP contribution < -0.4 is 10.2 Å². The number of nitro benzene ring substituents is 1. The number of nitrogens with one attached hydrogen (secondary N) is 1. The van der Waals surface area contributed by atoms with Crippen molar-refractivity contribution in [2.24, 2.45) is 0 Å². The summed E-state index contributed by atoms with van der Waals surface area (Å²) < 4.78 is 0.742. The molecule has 1 N–H and O–H groups in total. The van der Waals surface area contributed by atoms with Crippen LogP contribution in [0.1, 0.15) is 26.2 Å². The predicted octanol–water partition coefficient (Wildman–Crippen LogP) is 3.33. The summed E-state index contributed by atoms with van der Waals surface area (Å²) in [5, 5.41) is 14.7. The van der Waals surface area contributed by atoms with Crippen molar-refractivity contribution in [1.29, 1.82) is 0 Å². The summed E-state index contributed by atoms with van der Waals surface area (Å²) in [6, 6.07) is 5.66. The number of rotatable bonds is 5. The summed E-state index contributed by atoms with van der Waals surface area (Å²) >= 11 is 3.31. The lowest BCUT2D eigenvalue weighted by Crippen LogP contribution is -2.46. The third kappa shape index (κ3) is 3.49. The Bertz CT molecular complexity index is 475. The largest absolute Gasteiger partial charge is 0.362 e. The molecule has 5 nitrogen and oxygen atoms in total. The summed E-state index contributed by atoms with van der Waals surface area (Å²) in [5.74, 6) is 0. The number of nitrogens with zero attached hydrogens (tertiary/aromatic N) is 2. The number of anilines is 1. The molecule has 1 atom stereocenters. The van der Waals surface area contributed by atoms with Crippen LogP contribution in [0.5, 0.6) is 0 Å². The van der Waals surface area contributed by atoms with E-state index in [0.29, 0.717) is 6.04 Å². The molecule has 0 saturated carbocycles. The molecule has 0 radical (unpaired) electrons. The van der Waals surface area contributed by atoms with E-state index in [1.165, 1.54) is 0 Å². The van der Waals surface area contributed by atoms with Crippen LogP contribution in [0.25, 0.3) is 0 Å². The highest BCUT2D eigenvalue weighted by Gasteiger charge is 2.26. The van der Waals surface area contributed by atoms with Crippen LogP contribution in [-0.4, -0.2) is 30.6 Å². The van der Waals surface area contributed by atoms with E-state index in [2.05, 4.69) is 33.1 Å². The van der Waals surface area contributed by atoms with Gasteiger partial charge >= 0.3 is 0 Å². The van der Waals surface area contributed by atoms with Gasteiger partial charge in [0.15, 0.2) is 0 Å². The van der Waals surface area contributed by atoms with Gasteiger partial charge in [-0.15, -0.1) is 0 Å². The lowest BCUT2D eigenvalue weighted by Gasteiger charge is -2.36. The zero-order valence-electron chi connectivity index (χ0n) is 11.6. The second kappa shape index (κ2) is 7.04. The number of halogens is 1. The van der Waals surface area contributed by atoms with Crippen LogP contribution >= 0.6 is 15.9 Å². The van der Waals surface area contributed by atoms with E-state index in [1.54, 1.807) is 6.07 Å². The van der Waals surface area contributed by atoms with Crippen molar-refractivity contribution in [3.63, 3.8) is 0 Å². The van der Waals surface area contributed by atoms with Gasteiger partial charge < -0.3 is 10.2 Å². The molecule has 6 heteroatoms. The minimum absolute atomic E-state index is 0.179. The fourth-order valence-electron chi connectivity index (χ4n) is 2.73. The molecule has 1 aliphatic heterocycles. The maximum atomic E-state index is 11.3. The van der Waals surface area contributed by atoms with Gasteiger partial charge in [-0.05, 0) is 37.9 Å². The van der Waals surface area contributed by atoms with Crippen LogP contribution in [0.2, 0.25) is 0 Å². The number of hydrogen-bond acceptors (Lipinski definition) is 4. The maximum Gasteiger partial charge on any atom is 0.293 e. The zero-order chi connectivity index (χ0) is 14.5. The Balaban J connectivity index is 2.35. The Kier molecular flexibility index (Phi) is 5.37. The number of hydrogen-bond donors (Lipinski definition) is 1. The van der Waals surface area contributed by atoms with E-state index < -0.39 is 0 Å². The first kappa shape index (κ1) is 15.3. The molecule has 1 unspecified atom stereocenters. The Morgan fingerprint density at radius 2 is 2.35 bits per heavy atom. The summed E-state index contributed by atoms with van der Waals surface area (Å²) in [6.45, 7) is 4.88. The van der Waals surface area contributed by atoms with Gasteiger partial charge in [-0.1, -0.05) is 22.9 Å². The van der Waals surface area contributed by atoms with Crippen molar-refractivity contribution in [3.8, 4) is 0 Å². The van der Waals surface area contributed by atoms with Gasteiger partial charge in [0.25, 0.3) is 5.69 Å². The second-order valence-corrected chi connectivity index (χ2v) is 6.00. The predicted molar refractivity (Wildman–Crippen MR) is 84.3 cm³/mol. The minimum atomic E-state index is -0.293. The van der Waals surface area contributed by atoms with Crippen LogP contribution in [0, 0.1) is 10.1 Å². The molecular formula is C14H20BrN3O2. The Labute approximate surface area is 127 Å². The van der Waals surface area contributed by atoms with Crippen LogP contribution in [0.15, 0.2) is 22.7 Å². The molecule has 0 aliphatic carbocycles. The quantitative estimate of drug-likeness (QED) is 0.659. The summed E-state index contributed by atoms with van der Waals surface area (Å²) in [6.07, 6.45) is 3.18. The SMILES string of the molecule is CCCN(c1ccc(Br)cc1[N+](=O)[O-])C1CCCNC1. The Morgan fingerprint density at radius 3 is 2.95 bits per heavy atom. The molecule has 1 aromatic carbocycles. The van der Waals surface area contributed by atoms with Crippen LogP contribution in [0.3, 0.4) is 0 Å². The monoisotopic (exact) mass is 341 g/mol. The third-order valence-corrected chi connectivity index (χ3v) is 4.11. The normalized spacial score (nSPS) is 18.8. The lowest BCUT2D eigenvalue weighted by atomic mass is 10.0. The molecule has 110 valence electrons. The highest BCUT2D eigenvalue weighted by Crippen LogP contribution is 2.33. The molecule has 1 saturated heterocycles. The molecule has 0 amide bonds. The standard InChI is InChI=1S/C14H20BrN3O2/c1-2-8-17(12-4-3-7-16-10-12)13-6-5-11(15)9-14(13)18(19)20/h5-6,9,12,16H,2-4,7-8,10H2,1H3. The fraction of sp³-hybridized carbons (Fsp3) is 0.571. The highest BCUT2D eigenvalue weighted by molar-refractivity contribution is 9.10. The fourth-order valence-corrected chi connectivity index (χ4v) is 3.07. The summed E-state index contributed by atoms with van der Waals surface area (Å²) in [5.41, 5.74) is 0.909. The molecule has 0 aromatic heterocycles. The third-order valence-electron chi connectivity index (χ3n) is 3.62. The lowest BCUT2D eigenvalue weighted by molar-refractivity contribution is -0.384. The van der Waals surface area contributed by atoms with Crippen molar-refractivity contribution < 1.29 is 4.92 Å². The first-order chi connectivity index (χ1) is 9.63. The molecule has 20 heavy (non-hydrogen) atoms. The van der Waals surface area contributed by atoms with Crippen molar-refractivity contribution in [2.75, 3.05) is 24.5 Å². The second-order valence-electron chi connectivity index (χ2n) is 5.08. The van der Waals surface area contributed by atoms with Gasteiger partial charge in [-0.3, -0.25) is 10.1 Å². The average Bonchev–Trinajstić information content (AvgIpc) is 2.46. The van der Waals surface area contributed by atoms with Crippen molar-refractivity contribution in [3.05, 3.63) is 32.8 Å². The molecule has 1 fully saturated rings. The van der Waals surface area contributed by atoms with E-state index in [-0.39, 0.29) is 10.6 Å². The van der Waals surface area contributed by atoms with Gasteiger partial charge in [0.1, 0.15) is 5.69 Å². The molecule has 1 heterocycles. The molecule has 1 aromatic rings. The van der Waals surface area contributed by atoms with Gasteiger partial charge in [0.2, 0.25) is 0 Å². The molecule has 0 bridgehead atoms. The Morgan fingerprint density at radius 1 is 1.55 bits per heavy atom. The van der Waals surface area contributed by atoms with Crippen molar-refractivity contribution in [1.82, 2.24) is 5.32 Å². The van der Waals surface area contributed by atoms with Crippen molar-refractivity contribution in [2.45, 2.75) is 32.2 Å². The number of benzene rings is 1. The van der Waals surface area contributed by atoms with Crippen LogP contribution in [-0.2, 0) is 0 Å². The molecule has 0 spiro atoms. The summed E-state index contributed by atoms with van der Waals surface area (Å²) in [4.78, 5) is 13.2. The smallest absolute Gasteiger partial charge is 0.293 e. The van der Waals surface area contributed by atoms with Gasteiger partial charge in [-0.25, -0.2) is 0 Å². The van der Waals surface area contributed by atoms with E-state index in [0.717, 1.165) is 49.1 Å². The van der Waals surface area contributed by atoms with Gasteiger partial charge in [-0.2, -0.15) is 0 Å². The first-order valence-electron chi connectivity index (χ1n) is 7.04. The zero-order valence-corrected chi connectivity index (χ0v) is 13.2. The van der Waals surface area contributed by atoms with Gasteiger partial charge in [0.05, 0.1) is 4.92 Å². The minimum Gasteiger partial charge on any atom is -0.362 e. The van der Waals surface area contributed by atoms with E-state index in [4.69, 9.17) is 0 Å². The molecule has 1 aliphatic rings. The van der Waals surface area contributed by atoms with E-state index in [9.17, 15) is 10.1 Å². The molecule has 2 rings (SSSR count). The van der Waals surface area contributed by atoms with E-state index in [1.807, 2.05) is 12.1 Å². The maximum absolute atomic E-state index is 11.3. The van der Waals surface area contributed by atoms with Crippen LogP contribution in [0.4, 0.5) is 11.4 Å². The highest BCUT2D eigenvalue weighted by atomic mass is 79.9. The summed E-state index contributed by atoms with van der Waals surface area (Å²) in [7, 11) is 0. The molecular weight excluding hydrogens is 322 g/mol. The average molecular weight is 342 g/mol. The first-order valence-corrected chi connectivity index (χ1v) is 7.84. The van der Waals surface area contributed by atoms with E-state index >= 15 is 0 Å². The van der Waals surface area contributed by atoms with Crippen molar-refractivity contribution >= 4 is 27.3 Å². The topological polar surface area (TPSA) is 58.4 Å². The Hall–Kier alpha value is -1.14. The van der Waals surface area contributed by atoms with Gasteiger partial charge in [0, 0.05) is 29.7 Å². The number of piperidine rings is 1.